The number of aromatic nitrogens is 2. The minimum Gasteiger partial charge on any atom is -0.348 e. The number of pyridine rings is 1. The van der Waals surface area contributed by atoms with E-state index in [1.54, 1.807) is 24.5 Å². The van der Waals surface area contributed by atoms with Crippen molar-refractivity contribution in [3.63, 3.8) is 0 Å². The minimum atomic E-state index is -0.683. The highest BCUT2D eigenvalue weighted by molar-refractivity contribution is 5.95. The van der Waals surface area contributed by atoms with E-state index in [1.807, 2.05) is 6.07 Å². The third-order valence-corrected chi connectivity index (χ3v) is 3.40. The predicted molar refractivity (Wildman–Crippen MR) is 83.3 cm³/mol. The zero-order valence-corrected chi connectivity index (χ0v) is 12.0. The fourth-order valence-electron chi connectivity index (χ4n) is 2.22. The zero-order valence-electron chi connectivity index (χ0n) is 12.0. The Kier molecular flexibility index (Phi) is 4.14. The molecule has 0 saturated carbocycles. The summed E-state index contributed by atoms with van der Waals surface area (Å²) in [6.07, 6.45) is 6.34. The number of H-pyrrole nitrogens is 1. The normalized spacial score (nSPS) is 11.2. The molecule has 2 N–H and O–H groups in total. The number of aromatic amines is 1. The van der Waals surface area contributed by atoms with E-state index in [1.165, 1.54) is 12.1 Å². The number of amides is 1. The Labute approximate surface area is 130 Å². The first-order chi connectivity index (χ1) is 11.1. The van der Waals surface area contributed by atoms with E-state index in [9.17, 15) is 13.6 Å². The van der Waals surface area contributed by atoms with Crippen LogP contribution in [-0.4, -0.2) is 15.9 Å². The largest absolute Gasteiger partial charge is 0.348 e. The number of hydrogen-bond acceptors (Lipinski definition) is 2. The molecule has 1 aromatic carbocycles. The molecule has 0 spiro atoms. The summed E-state index contributed by atoms with van der Waals surface area (Å²) in [6.45, 7) is -0.211. The van der Waals surface area contributed by atoms with Crippen molar-refractivity contribution < 1.29 is 13.6 Å². The van der Waals surface area contributed by atoms with Crippen LogP contribution in [0.25, 0.3) is 17.1 Å². The fourth-order valence-corrected chi connectivity index (χ4v) is 2.22. The van der Waals surface area contributed by atoms with Crippen LogP contribution < -0.4 is 5.32 Å². The third-order valence-electron chi connectivity index (χ3n) is 3.40. The maximum Gasteiger partial charge on any atom is 0.244 e. The molecule has 2 aromatic heterocycles. The second-order valence-electron chi connectivity index (χ2n) is 4.89. The summed E-state index contributed by atoms with van der Waals surface area (Å²) in [5.74, 6) is -1.81. The molecule has 6 heteroatoms. The van der Waals surface area contributed by atoms with Crippen LogP contribution in [0.5, 0.6) is 0 Å². The van der Waals surface area contributed by atoms with Crippen LogP contribution in [0.4, 0.5) is 8.78 Å². The summed E-state index contributed by atoms with van der Waals surface area (Å²) >= 11 is 0. The molecule has 0 unspecified atom stereocenters. The number of rotatable bonds is 4. The van der Waals surface area contributed by atoms with Gasteiger partial charge in [-0.2, -0.15) is 0 Å². The van der Waals surface area contributed by atoms with Crippen molar-refractivity contribution in [1.29, 1.82) is 0 Å². The van der Waals surface area contributed by atoms with Crippen LogP contribution in [0.3, 0.4) is 0 Å². The van der Waals surface area contributed by atoms with Crippen molar-refractivity contribution in [2.24, 2.45) is 0 Å². The number of benzene rings is 1. The van der Waals surface area contributed by atoms with Gasteiger partial charge in [0.15, 0.2) is 0 Å². The Balaban J connectivity index is 1.68. The van der Waals surface area contributed by atoms with Gasteiger partial charge in [0.1, 0.15) is 17.3 Å². The van der Waals surface area contributed by atoms with Crippen LogP contribution in [0.1, 0.15) is 11.1 Å². The molecule has 4 nitrogen and oxygen atoms in total. The lowest BCUT2D eigenvalue weighted by molar-refractivity contribution is -0.116. The average molecular weight is 313 g/mol. The van der Waals surface area contributed by atoms with Gasteiger partial charge in [0.2, 0.25) is 5.91 Å². The lowest BCUT2D eigenvalue weighted by Crippen LogP contribution is -2.21. The van der Waals surface area contributed by atoms with Gasteiger partial charge in [0, 0.05) is 41.5 Å². The summed E-state index contributed by atoms with van der Waals surface area (Å²) in [4.78, 5) is 18.9. The van der Waals surface area contributed by atoms with Crippen LogP contribution in [-0.2, 0) is 11.3 Å². The van der Waals surface area contributed by atoms with Gasteiger partial charge in [-0.05, 0) is 30.3 Å². The smallest absolute Gasteiger partial charge is 0.244 e. The van der Waals surface area contributed by atoms with E-state index < -0.39 is 17.5 Å². The summed E-state index contributed by atoms with van der Waals surface area (Å²) < 4.78 is 26.9. The Morgan fingerprint density at radius 2 is 2.00 bits per heavy atom. The first kappa shape index (κ1) is 14.9. The number of fused-ring (bicyclic) bond motifs is 1. The molecule has 3 rings (SSSR count). The number of halogens is 2. The molecule has 0 saturated heterocycles. The Morgan fingerprint density at radius 1 is 1.22 bits per heavy atom. The van der Waals surface area contributed by atoms with Crippen molar-refractivity contribution in [2.45, 2.75) is 6.54 Å². The number of carbonyl (C=O) groups excluding carboxylic acids is 1. The lowest BCUT2D eigenvalue weighted by Gasteiger charge is -2.05. The van der Waals surface area contributed by atoms with E-state index in [0.29, 0.717) is 0 Å². The standard InChI is InChI=1S/C17H13F2N3O/c18-14-4-1-5-15(19)13(14)10-21-16(23)7-6-11-9-22-17-12(11)3-2-8-20-17/h1-9H,10H2,(H,20,22)(H,21,23). The van der Waals surface area contributed by atoms with Gasteiger partial charge < -0.3 is 10.3 Å². The van der Waals surface area contributed by atoms with E-state index in [2.05, 4.69) is 15.3 Å². The van der Waals surface area contributed by atoms with Crippen LogP contribution in [0.2, 0.25) is 0 Å². The quantitative estimate of drug-likeness (QED) is 0.727. The summed E-state index contributed by atoms with van der Waals surface area (Å²) in [6, 6.07) is 7.26. The molecule has 0 fully saturated rings. The molecule has 0 bridgehead atoms. The topological polar surface area (TPSA) is 57.8 Å². The Bertz CT molecular complexity index is 866. The second kappa shape index (κ2) is 6.39. The molecular weight excluding hydrogens is 300 g/mol. The van der Waals surface area contributed by atoms with Crippen LogP contribution >= 0.6 is 0 Å². The monoisotopic (exact) mass is 313 g/mol. The van der Waals surface area contributed by atoms with Gasteiger partial charge in [0.25, 0.3) is 0 Å². The third kappa shape index (κ3) is 3.26. The molecule has 0 aliphatic carbocycles. The SMILES string of the molecule is O=C(C=Cc1c[nH]c2ncccc12)NCc1c(F)cccc1F. The Hall–Kier alpha value is -3.02. The highest BCUT2D eigenvalue weighted by Gasteiger charge is 2.08. The maximum absolute atomic E-state index is 13.5. The predicted octanol–water partition coefficient (Wildman–Crippen LogP) is 3.17. The van der Waals surface area contributed by atoms with Gasteiger partial charge in [-0.1, -0.05) is 6.07 Å². The summed E-state index contributed by atoms with van der Waals surface area (Å²) in [5.41, 5.74) is 1.37. The number of nitrogens with zero attached hydrogens (tertiary/aromatic N) is 1. The number of hydrogen-bond donors (Lipinski definition) is 2. The highest BCUT2D eigenvalue weighted by Crippen LogP contribution is 2.16. The molecule has 0 aliphatic heterocycles. The van der Waals surface area contributed by atoms with Gasteiger partial charge >= 0.3 is 0 Å². The molecular formula is C17H13F2N3O. The van der Waals surface area contributed by atoms with E-state index in [0.717, 1.165) is 28.7 Å². The second-order valence-corrected chi connectivity index (χ2v) is 4.89. The Morgan fingerprint density at radius 3 is 2.78 bits per heavy atom. The van der Waals surface area contributed by atoms with Crippen molar-refractivity contribution in [2.75, 3.05) is 0 Å². The molecule has 1 amide bonds. The molecule has 0 atom stereocenters. The van der Waals surface area contributed by atoms with Gasteiger partial charge in [0.05, 0.1) is 0 Å². The highest BCUT2D eigenvalue weighted by atomic mass is 19.1. The first-order valence-corrected chi connectivity index (χ1v) is 6.96. The van der Waals surface area contributed by atoms with Crippen molar-refractivity contribution in [1.82, 2.24) is 15.3 Å². The number of nitrogens with one attached hydrogen (secondary N) is 2. The van der Waals surface area contributed by atoms with Gasteiger partial charge in [-0.15, -0.1) is 0 Å². The van der Waals surface area contributed by atoms with Crippen molar-refractivity contribution >= 4 is 23.0 Å². The molecule has 3 aromatic rings. The number of carbonyl (C=O) groups is 1. The summed E-state index contributed by atoms with van der Waals surface area (Å²) in [7, 11) is 0. The van der Waals surface area contributed by atoms with E-state index in [4.69, 9.17) is 0 Å². The minimum absolute atomic E-state index is 0.162. The van der Waals surface area contributed by atoms with Crippen molar-refractivity contribution in [3.8, 4) is 0 Å². The summed E-state index contributed by atoms with van der Waals surface area (Å²) in [5, 5.41) is 3.35. The van der Waals surface area contributed by atoms with Crippen LogP contribution in [0, 0.1) is 11.6 Å². The molecule has 0 aliphatic rings. The molecule has 0 radical (unpaired) electrons. The first-order valence-electron chi connectivity index (χ1n) is 6.96. The molecule has 116 valence electrons. The molecule has 2 heterocycles. The fraction of sp³-hybridized carbons (Fsp3) is 0.0588. The maximum atomic E-state index is 13.5. The van der Waals surface area contributed by atoms with Gasteiger partial charge in [-0.3, -0.25) is 4.79 Å². The zero-order chi connectivity index (χ0) is 16.2. The van der Waals surface area contributed by atoms with Crippen molar-refractivity contribution in [3.05, 3.63) is 71.6 Å². The van der Waals surface area contributed by atoms with E-state index >= 15 is 0 Å². The lowest BCUT2D eigenvalue weighted by atomic mass is 10.2. The average Bonchev–Trinajstić information content (AvgIpc) is 2.96. The molecule has 23 heavy (non-hydrogen) atoms. The van der Waals surface area contributed by atoms with Crippen LogP contribution in [0.15, 0.2) is 48.8 Å². The van der Waals surface area contributed by atoms with Gasteiger partial charge in [-0.25, -0.2) is 13.8 Å². The van der Waals surface area contributed by atoms with E-state index in [-0.39, 0.29) is 12.1 Å².